The molecular formula is C11H19N3S. The maximum Gasteiger partial charge on any atom is 0.185 e. The lowest BCUT2D eigenvalue weighted by atomic mass is 9.81. The highest BCUT2D eigenvalue weighted by Crippen LogP contribution is 2.34. The zero-order valence-electron chi connectivity index (χ0n) is 9.87. The zero-order valence-corrected chi connectivity index (χ0v) is 10.7. The fraction of sp³-hybridized carbons (Fsp3) is 0.727. The van der Waals surface area contributed by atoms with E-state index in [0.29, 0.717) is 5.92 Å². The highest BCUT2D eigenvalue weighted by atomic mass is 32.1. The van der Waals surface area contributed by atoms with Gasteiger partial charge in [-0.05, 0) is 19.8 Å². The Kier molecular flexibility index (Phi) is 2.51. The Balaban J connectivity index is 2.06. The lowest BCUT2D eigenvalue weighted by molar-refractivity contribution is 0.245. The third-order valence-corrected chi connectivity index (χ3v) is 4.54. The van der Waals surface area contributed by atoms with Crippen molar-refractivity contribution in [2.45, 2.75) is 33.2 Å². The van der Waals surface area contributed by atoms with Crippen LogP contribution in [0.5, 0.6) is 0 Å². The van der Waals surface area contributed by atoms with Crippen LogP contribution in [-0.2, 0) is 0 Å². The van der Waals surface area contributed by atoms with E-state index in [4.69, 9.17) is 5.73 Å². The minimum absolute atomic E-state index is 0.00647. The van der Waals surface area contributed by atoms with Crippen LogP contribution in [0.25, 0.3) is 0 Å². The van der Waals surface area contributed by atoms with Gasteiger partial charge in [0, 0.05) is 18.0 Å². The van der Waals surface area contributed by atoms with Gasteiger partial charge in [-0.15, -0.1) is 11.3 Å². The van der Waals surface area contributed by atoms with Crippen molar-refractivity contribution in [3.63, 3.8) is 0 Å². The lowest BCUT2D eigenvalue weighted by Gasteiger charge is -2.50. The van der Waals surface area contributed by atoms with E-state index in [1.165, 1.54) is 4.88 Å². The van der Waals surface area contributed by atoms with Gasteiger partial charge in [-0.3, -0.25) is 0 Å². The van der Waals surface area contributed by atoms with Crippen molar-refractivity contribution in [2.24, 2.45) is 11.7 Å². The molecule has 0 unspecified atom stereocenters. The Bertz CT molecular complexity index is 344. The number of rotatable bonds is 2. The number of thiazole rings is 1. The van der Waals surface area contributed by atoms with Crippen molar-refractivity contribution in [2.75, 3.05) is 18.0 Å². The topological polar surface area (TPSA) is 42.2 Å². The molecule has 0 radical (unpaired) electrons. The van der Waals surface area contributed by atoms with Gasteiger partial charge in [0.2, 0.25) is 0 Å². The van der Waals surface area contributed by atoms with E-state index in [1.54, 1.807) is 11.3 Å². The summed E-state index contributed by atoms with van der Waals surface area (Å²) in [7, 11) is 0. The van der Waals surface area contributed by atoms with Crippen LogP contribution < -0.4 is 10.6 Å². The van der Waals surface area contributed by atoms with Crippen LogP contribution in [0.2, 0.25) is 0 Å². The Hall–Kier alpha value is -0.610. The lowest BCUT2D eigenvalue weighted by Crippen LogP contribution is -2.70. The molecule has 2 heterocycles. The standard InChI is InChI=1S/C11H19N3S/c1-7(2)11(12)5-14(6-11)10-13-8(3)9(4)15-10/h7H,5-6,12H2,1-4H3. The fourth-order valence-corrected chi connectivity index (χ4v) is 2.66. The Morgan fingerprint density at radius 1 is 1.40 bits per heavy atom. The molecule has 3 nitrogen and oxygen atoms in total. The average Bonchev–Trinajstić information content (AvgIpc) is 2.41. The first-order chi connectivity index (χ1) is 6.92. The molecule has 1 aromatic heterocycles. The number of aromatic nitrogens is 1. The van der Waals surface area contributed by atoms with Gasteiger partial charge in [0.1, 0.15) is 0 Å². The molecule has 0 saturated carbocycles. The predicted molar refractivity (Wildman–Crippen MR) is 65.6 cm³/mol. The molecule has 1 aliphatic heterocycles. The molecule has 0 atom stereocenters. The number of aryl methyl sites for hydroxylation is 2. The highest BCUT2D eigenvalue weighted by Gasteiger charge is 2.43. The Morgan fingerprint density at radius 2 is 2.00 bits per heavy atom. The van der Waals surface area contributed by atoms with Gasteiger partial charge < -0.3 is 10.6 Å². The summed E-state index contributed by atoms with van der Waals surface area (Å²) in [6, 6.07) is 0. The molecule has 0 spiro atoms. The summed E-state index contributed by atoms with van der Waals surface area (Å²) < 4.78 is 0. The Morgan fingerprint density at radius 3 is 2.40 bits per heavy atom. The van der Waals surface area contributed by atoms with Crippen molar-refractivity contribution in [3.8, 4) is 0 Å². The molecule has 1 aliphatic rings. The normalized spacial score (nSPS) is 19.5. The average molecular weight is 225 g/mol. The molecule has 2 rings (SSSR count). The molecular weight excluding hydrogens is 206 g/mol. The van der Waals surface area contributed by atoms with E-state index in [-0.39, 0.29) is 5.54 Å². The monoisotopic (exact) mass is 225 g/mol. The van der Waals surface area contributed by atoms with Gasteiger partial charge >= 0.3 is 0 Å². The van der Waals surface area contributed by atoms with E-state index in [2.05, 4.69) is 37.6 Å². The molecule has 1 fully saturated rings. The van der Waals surface area contributed by atoms with E-state index >= 15 is 0 Å². The maximum atomic E-state index is 6.25. The third kappa shape index (κ3) is 1.76. The van der Waals surface area contributed by atoms with E-state index < -0.39 is 0 Å². The molecule has 1 saturated heterocycles. The van der Waals surface area contributed by atoms with Crippen LogP contribution in [0.4, 0.5) is 5.13 Å². The zero-order chi connectivity index (χ0) is 11.2. The fourth-order valence-electron chi connectivity index (χ4n) is 1.76. The summed E-state index contributed by atoms with van der Waals surface area (Å²) in [5, 5.41) is 1.13. The number of nitrogens with two attached hydrogens (primary N) is 1. The van der Waals surface area contributed by atoms with E-state index in [9.17, 15) is 0 Å². The molecule has 0 aromatic carbocycles. The quantitative estimate of drug-likeness (QED) is 0.836. The maximum absolute atomic E-state index is 6.25. The number of hydrogen-bond donors (Lipinski definition) is 1. The number of anilines is 1. The van der Waals surface area contributed by atoms with Crippen LogP contribution in [0, 0.1) is 19.8 Å². The van der Waals surface area contributed by atoms with Crippen molar-refractivity contribution in [1.29, 1.82) is 0 Å². The second kappa shape index (κ2) is 3.46. The van der Waals surface area contributed by atoms with Crippen molar-refractivity contribution >= 4 is 16.5 Å². The van der Waals surface area contributed by atoms with Crippen molar-refractivity contribution in [1.82, 2.24) is 4.98 Å². The second-order valence-corrected chi connectivity index (χ2v) is 6.06. The summed E-state index contributed by atoms with van der Waals surface area (Å²) in [6.45, 7) is 10.4. The van der Waals surface area contributed by atoms with Gasteiger partial charge in [-0.2, -0.15) is 0 Å². The SMILES string of the molecule is Cc1nc(N2CC(N)(C(C)C)C2)sc1C. The molecule has 0 aliphatic carbocycles. The first kappa shape index (κ1) is 10.9. The van der Waals surface area contributed by atoms with E-state index in [0.717, 1.165) is 23.9 Å². The molecule has 4 heteroatoms. The largest absolute Gasteiger partial charge is 0.344 e. The van der Waals surface area contributed by atoms with Crippen molar-refractivity contribution in [3.05, 3.63) is 10.6 Å². The van der Waals surface area contributed by atoms with Crippen LogP contribution in [-0.4, -0.2) is 23.6 Å². The van der Waals surface area contributed by atoms with E-state index in [1.807, 2.05) is 0 Å². The van der Waals surface area contributed by atoms with Crippen LogP contribution in [0.1, 0.15) is 24.4 Å². The molecule has 2 N–H and O–H groups in total. The Labute approximate surface area is 95.3 Å². The summed E-state index contributed by atoms with van der Waals surface area (Å²) in [6.07, 6.45) is 0. The first-order valence-electron chi connectivity index (χ1n) is 5.40. The third-order valence-electron chi connectivity index (χ3n) is 3.41. The van der Waals surface area contributed by atoms with Crippen molar-refractivity contribution < 1.29 is 0 Å². The molecule has 0 amide bonds. The predicted octanol–water partition coefficient (Wildman–Crippen LogP) is 1.93. The molecule has 1 aromatic rings. The first-order valence-corrected chi connectivity index (χ1v) is 6.22. The number of nitrogens with zero attached hydrogens (tertiary/aromatic N) is 2. The summed E-state index contributed by atoms with van der Waals surface area (Å²) in [5.41, 5.74) is 7.39. The van der Waals surface area contributed by atoms with Gasteiger partial charge in [-0.25, -0.2) is 4.98 Å². The van der Waals surface area contributed by atoms with Crippen LogP contribution in [0.3, 0.4) is 0 Å². The molecule has 0 bridgehead atoms. The van der Waals surface area contributed by atoms with Gasteiger partial charge in [0.15, 0.2) is 5.13 Å². The van der Waals surface area contributed by atoms with Gasteiger partial charge in [-0.1, -0.05) is 13.8 Å². The van der Waals surface area contributed by atoms with Gasteiger partial charge in [0.25, 0.3) is 0 Å². The summed E-state index contributed by atoms with van der Waals surface area (Å²) in [4.78, 5) is 8.14. The minimum atomic E-state index is -0.00647. The van der Waals surface area contributed by atoms with Gasteiger partial charge in [0.05, 0.1) is 11.2 Å². The smallest absolute Gasteiger partial charge is 0.185 e. The van der Waals surface area contributed by atoms with Crippen LogP contribution in [0.15, 0.2) is 0 Å². The summed E-state index contributed by atoms with van der Waals surface area (Å²) >= 11 is 1.77. The minimum Gasteiger partial charge on any atom is -0.344 e. The summed E-state index contributed by atoms with van der Waals surface area (Å²) in [5.74, 6) is 0.538. The molecule has 15 heavy (non-hydrogen) atoms. The second-order valence-electron chi connectivity index (χ2n) is 4.88. The highest BCUT2D eigenvalue weighted by molar-refractivity contribution is 7.15. The molecule has 84 valence electrons. The number of hydrogen-bond acceptors (Lipinski definition) is 4. The van der Waals surface area contributed by atoms with Crippen LogP contribution >= 0.6 is 11.3 Å².